The summed E-state index contributed by atoms with van der Waals surface area (Å²) in [6, 6.07) is 5.68. The van der Waals surface area contributed by atoms with Gasteiger partial charge in [-0.1, -0.05) is 0 Å². The van der Waals surface area contributed by atoms with Crippen LogP contribution in [-0.4, -0.2) is 50.4 Å². The summed E-state index contributed by atoms with van der Waals surface area (Å²) in [5.41, 5.74) is 0.204. The zero-order valence-corrected chi connectivity index (χ0v) is 20.4. The number of amides is 2. The van der Waals surface area contributed by atoms with Crippen molar-refractivity contribution in [2.24, 2.45) is 0 Å². The molecule has 3 aromatic rings. The van der Waals surface area contributed by atoms with E-state index in [1.54, 1.807) is 0 Å². The number of fused-ring (bicyclic) bond motifs is 1. The van der Waals surface area contributed by atoms with E-state index in [2.05, 4.69) is 15.4 Å². The number of methoxy groups -OCH3 is 2. The summed E-state index contributed by atoms with van der Waals surface area (Å²) in [6.45, 7) is 0.977. The molecule has 10 nitrogen and oxygen atoms in total. The van der Waals surface area contributed by atoms with E-state index in [-0.39, 0.29) is 28.5 Å². The summed E-state index contributed by atoms with van der Waals surface area (Å²) in [6.07, 6.45) is 0. The molecular formula is C24H21F2N3O7S. The molecule has 37 heavy (non-hydrogen) atoms. The molecule has 0 unspecified atom stereocenters. The third kappa shape index (κ3) is 5.40. The van der Waals surface area contributed by atoms with Gasteiger partial charge in [-0.2, -0.15) is 0 Å². The van der Waals surface area contributed by atoms with Crippen LogP contribution in [0.5, 0.6) is 11.5 Å². The Morgan fingerprint density at radius 3 is 2.59 bits per heavy atom. The van der Waals surface area contributed by atoms with Crippen LogP contribution < -0.4 is 25.0 Å². The summed E-state index contributed by atoms with van der Waals surface area (Å²) < 4.78 is 44.1. The molecule has 0 saturated carbocycles. The molecule has 2 heterocycles. The molecule has 0 saturated heterocycles. The minimum absolute atomic E-state index is 0.156. The van der Waals surface area contributed by atoms with Crippen LogP contribution in [0.2, 0.25) is 0 Å². The molecule has 13 heteroatoms. The number of benzene rings is 2. The number of halogens is 2. The average Bonchev–Trinajstić information content (AvgIpc) is 3.29. The maximum atomic E-state index is 14.8. The van der Waals surface area contributed by atoms with Gasteiger partial charge in [0.15, 0.2) is 0 Å². The van der Waals surface area contributed by atoms with Crippen molar-refractivity contribution in [2.75, 3.05) is 42.9 Å². The van der Waals surface area contributed by atoms with Crippen molar-refractivity contribution in [2.45, 2.75) is 6.54 Å². The highest BCUT2D eigenvalue weighted by atomic mass is 32.1. The van der Waals surface area contributed by atoms with Crippen molar-refractivity contribution in [3.8, 4) is 11.5 Å². The van der Waals surface area contributed by atoms with Crippen molar-refractivity contribution in [1.29, 1.82) is 0 Å². The van der Waals surface area contributed by atoms with Crippen molar-refractivity contribution >= 4 is 46.4 Å². The Bertz CT molecular complexity index is 1380. The monoisotopic (exact) mass is 533 g/mol. The van der Waals surface area contributed by atoms with Gasteiger partial charge in [-0.05, 0) is 18.2 Å². The summed E-state index contributed by atoms with van der Waals surface area (Å²) >= 11 is 0.780. The maximum Gasteiger partial charge on any atom is 0.349 e. The molecule has 1 aliphatic rings. The molecule has 194 valence electrons. The Kier molecular flexibility index (Phi) is 7.43. The van der Waals surface area contributed by atoms with E-state index in [0.29, 0.717) is 30.2 Å². The lowest BCUT2D eigenvalue weighted by atomic mass is 10.1. The minimum Gasteiger partial charge on any atom is -0.496 e. The van der Waals surface area contributed by atoms with Gasteiger partial charge in [0, 0.05) is 29.6 Å². The van der Waals surface area contributed by atoms with Crippen LogP contribution in [0.4, 0.5) is 30.6 Å². The molecule has 2 amide bonds. The summed E-state index contributed by atoms with van der Waals surface area (Å²) in [7, 11) is 2.47. The van der Waals surface area contributed by atoms with Crippen LogP contribution in [0.3, 0.4) is 0 Å². The normalized spacial score (nSPS) is 12.3. The van der Waals surface area contributed by atoms with E-state index in [0.717, 1.165) is 24.5 Å². The summed E-state index contributed by atoms with van der Waals surface area (Å²) in [5, 5.41) is 15.4. The number of nitrogens with zero attached hydrogens (tertiary/aromatic N) is 1. The first-order valence-corrected chi connectivity index (χ1v) is 11.6. The van der Waals surface area contributed by atoms with Crippen molar-refractivity contribution < 1.29 is 42.5 Å². The number of nitrogens with one attached hydrogen (secondary N) is 2. The highest BCUT2D eigenvalue weighted by Crippen LogP contribution is 2.35. The first kappa shape index (κ1) is 25.7. The van der Waals surface area contributed by atoms with E-state index in [4.69, 9.17) is 9.47 Å². The topological polar surface area (TPSA) is 126 Å². The number of carbonyl (C=O) groups excluding carboxylic acids is 2. The van der Waals surface area contributed by atoms with E-state index >= 15 is 0 Å². The minimum atomic E-state index is -1.45. The number of hydrogen-bond acceptors (Lipinski definition) is 8. The Balaban J connectivity index is 1.57. The smallest absolute Gasteiger partial charge is 0.349 e. The van der Waals surface area contributed by atoms with Gasteiger partial charge in [-0.15, -0.1) is 11.3 Å². The summed E-state index contributed by atoms with van der Waals surface area (Å²) in [5.74, 6) is -2.85. The molecule has 4 rings (SSSR count). The van der Waals surface area contributed by atoms with Gasteiger partial charge in [-0.25, -0.2) is 23.2 Å². The highest BCUT2D eigenvalue weighted by molar-refractivity contribution is 7.13. The Morgan fingerprint density at radius 2 is 1.89 bits per heavy atom. The number of carbonyl (C=O) groups is 3. The van der Waals surface area contributed by atoms with E-state index < -0.39 is 35.2 Å². The first-order chi connectivity index (χ1) is 17.7. The fourth-order valence-electron chi connectivity index (χ4n) is 3.81. The number of hydrogen-bond donors (Lipinski definition) is 3. The van der Waals surface area contributed by atoms with Crippen molar-refractivity contribution in [1.82, 2.24) is 0 Å². The largest absolute Gasteiger partial charge is 0.496 e. The lowest BCUT2D eigenvalue weighted by Gasteiger charge is -2.31. The number of anilines is 3. The van der Waals surface area contributed by atoms with E-state index in [1.807, 2.05) is 4.90 Å². The maximum absolute atomic E-state index is 14.8. The van der Waals surface area contributed by atoms with Gasteiger partial charge in [0.1, 0.15) is 40.2 Å². The molecule has 3 N–H and O–H groups in total. The quantitative estimate of drug-likeness (QED) is 0.377. The first-order valence-electron chi connectivity index (χ1n) is 10.8. The van der Waals surface area contributed by atoms with Gasteiger partial charge in [0.25, 0.3) is 0 Å². The standard InChI is InChI=1S/C24H21F2N3O7S/c1-34-19-9-14(26)15(7-12(19)10-29-5-6-36-18-4-3-13(25)8-17(18)29)27-24(33)28-16-11-37-21(23(32)35-2)20(16)22(30)31/h3-4,7-9,11H,5-6,10H2,1-2H3,(H,30,31)(H2,27,28,33). The number of carboxylic acids is 1. The molecule has 0 spiro atoms. The number of thiophene rings is 1. The average molecular weight is 534 g/mol. The number of aromatic carboxylic acids is 1. The van der Waals surface area contributed by atoms with Crippen molar-refractivity contribution in [3.05, 3.63) is 63.4 Å². The van der Waals surface area contributed by atoms with Gasteiger partial charge in [0.2, 0.25) is 0 Å². The number of ether oxygens (including phenoxy) is 3. The molecular weight excluding hydrogens is 512 g/mol. The molecule has 0 aliphatic carbocycles. The lowest BCUT2D eigenvalue weighted by Crippen LogP contribution is -2.32. The predicted molar refractivity (Wildman–Crippen MR) is 131 cm³/mol. The van der Waals surface area contributed by atoms with Gasteiger partial charge < -0.3 is 34.9 Å². The zero-order valence-electron chi connectivity index (χ0n) is 19.6. The molecule has 1 aliphatic heterocycles. The molecule has 0 radical (unpaired) electrons. The second-order valence-corrected chi connectivity index (χ2v) is 8.63. The van der Waals surface area contributed by atoms with Crippen LogP contribution in [0.1, 0.15) is 25.6 Å². The Hall–Kier alpha value is -4.39. The Labute approximate surface area is 213 Å². The molecule has 0 bridgehead atoms. The second-order valence-electron chi connectivity index (χ2n) is 7.76. The third-order valence-corrected chi connectivity index (χ3v) is 6.44. The highest BCUT2D eigenvalue weighted by Gasteiger charge is 2.26. The van der Waals surface area contributed by atoms with E-state index in [1.165, 1.54) is 36.8 Å². The molecule has 0 atom stereocenters. The number of carboxylic acid groups (broad SMARTS) is 1. The molecule has 1 aromatic heterocycles. The van der Waals surface area contributed by atoms with Crippen LogP contribution in [0.25, 0.3) is 0 Å². The van der Waals surface area contributed by atoms with Gasteiger partial charge >= 0.3 is 18.0 Å². The molecule has 0 fully saturated rings. The number of rotatable bonds is 7. The van der Waals surface area contributed by atoms with Gasteiger partial charge in [0.05, 0.1) is 37.8 Å². The number of esters is 1. The third-order valence-electron chi connectivity index (χ3n) is 5.48. The SMILES string of the molecule is COC(=O)c1scc(NC(=O)Nc2cc(CN3CCOc4ccc(F)cc43)c(OC)cc2F)c1C(=O)O. The predicted octanol–water partition coefficient (Wildman–Crippen LogP) is 4.56. The van der Waals surface area contributed by atoms with Gasteiger partial charge in [-0.3, -0.25) is 0 Å². The van der Waals surface area contributed by atoms with Crippen LogP contribution >= 0.6 is 11.3 Å². The Morgan fingerprint density at radius 1 is 1.14 bits per heavy atom. The molecule has 2 aromatic carbocycles. The zero-order chi connectivity index (χ0) is 26.7. The second kappa shape index (κ2) is 10.7. The van der Waals surface area contributed by atoms with Crippen molar-refractivity contribution in [3.63, 3.8) is 0 Å². The fraction of sp³-hybridized carbons (Fsp3) is 0.208. The van der Waals surface area contributed by atoms with E-state index in [9.17, 15) is 28.3 Å². The summed E-state index contributed by atoms with van der Waals surface area (Å²) in [4.78, 5) is 37.7. The van der Waals surface area contributed by atoms with Crippen LogP contribution in [-0.2, 0) is 11.3 Å². The number of urea groups is 1. The lowest BCUT2D eigenvalue weighted by molar-refractivity contribution is 0.0589. The fourth-order valence-corrected chi connectivity index (χ4v) is 4.71. The van der Waals surface area contributed by atoms with Crippen LogP contribution in [0.15, 0.2) is 35.7 Å². The van der Waals surface area contributed by atoms with Crippen LogP contribution in [0, 0.1) is 11.6 Å².